The van der Waals surface area contributed by atoms with Gasteiger partial charge in [-0.2, -0.15) is 0 Å². The molecule has 1 rings (SSSR count). The molecule has 0 aromatic carbocycles. The summed E-state index contributed by atoms with van der Waals surface area (Å²) in [6.07, 6.45) is 0.505. The van der Waals surface area contributed by atoms with E-state index in [0.29, 0.717) is 0 Å². The molecule has 86 valence electrons. The van der Waals surface area contributed by atoms with Gasteiger partial charge >= 0.3 is 11.9 Å². The molecule has 0 unspecified atom stereocenters. The number of methoxy groups -OCH3 is 1. The lowest BCUT2D eigenvalue weighted by atomic mass is 9.97. The summed E-state index contributed by atoms with van der Waals surface area (Å²) in [6, 6.07) is 0. The van der Waals surface area contributed by atoms with Gasteiger partial charge in [0, 0.05) is 26.4 Å². The van der Waals surface area contributed by atoms with Gasteiger partial charge in [0.15, 0.2) is 0 Å². The van der Waals surface area contributed by atoms with Crippen LogP contribution in [0.1, 0.15) is 19.3 Å². The molecule has 1 fully saturated rings. The minimum Gasteiger partial charge on any atom is -0.478 e. The fourth-order valence-electron chi connectivity index (χ4n) is 1.44. The molecule has 6 nitrogen and oxygen atoms in total. The molecule has 15 heavy (non-hydrogen) atoms. The van der Waals surface area contributed by atoms with E-state index in [1.807, 2.05) is 0 Å². The van der Waals surface area contributed by atoms with Crippen molar-refractivity contribution in [3.63, 3.8) is 0 Å². The first-order valence-corrected chi connectivity index (χ1v) is 4.63. The van der Waals surface area contributed by atoms with Gasteiger partial charge in [0.1, 0.15) is 6.79 Å². The van der Waals surface area contributed by atoms with Gasteiger partial charge < -0.3 is 19.3 Å². The minimum atomic E-state index is -1.40. The molecule has 0 aromatic heterocycles. The normalized spacial score (nSPS) is 25.3. The molecule has 0 spiro atoms. The van der Waals surface area contributed by atoms with Crippen molar-refractivity contribution in [2.75, 3.05) is 20.5 Å². The molecule has 1 atom stereocenters. The van der Waals surface area contributed by atoms with Crippen molar-refractivity contribution in [3.8, 4) is 0 Å². The van der Waals surface area contributed by atoms with Gasteiger partial charge in [0.25, 0.3) is 0 Å². The van der Waals surface area contributed by atoms with Crippen molar-refractivity contribution in [3.05, 3.63) is 0 Å². The summed E-state index contributed by atoms with van der Waals surface area (Å²) < 4.78 is 14.5. The molecule has 0 aliphatic carbocycles. The zero-order valence-corrected chi connectivity index (χ0v) is 8.52. The predicted octanol–water partition coefficient (Wildman–Crippen LogP) is 0.157. The Hall–Kier alpha value is -1.14. The third kappa shape index (κ3) is 2.90. The first-order valence-electron chi connectivity index (χ1n) is 4.63. The number of ether oxygens (including phenoxy) is 3. The zero-order chi connectivity index (χ0) is 11.3. The van der Waals surface area contributed by atoms with Crippen LogP contribution in [0.4, 0.5) is 0 Å². The number of aliphatic carboxylic acids is 1. The Morgan fingerprint density at radius 3 is 2.87 bits per heavy atom. The topological polar surface area (TPSA) is 82.1 Å². The van der Waals surface area contributed by atoms with Crippen LogP contribution in [0.5, 0.6) is 0 Å². The molecular formula is C9H14O6. The maximum atomic E-state index is 11.0. The summed E-state index contributed by atoms with van der Waals surface area (Å²) >= 11 is 0. The van der Waals surface area contributed by atoms with Crippen molar-refractivity contribution in [1.82, 2.24) is 0 Å². The third-order valence-electron chi connectivity index (χ3n) is 2.28. The Kier molecular flexibility index (Phi) is 4.05. The van der Waals surface area contributed by atoms with E-state index in [-0.39, 0.29) is 32.7 Å². The quantitative estimate of drug-likeness (QED) is 0.388. The van der Waals surface area contributed by atoms with Crippen LogP contribution in [0.2, 0.25) is 0 Å². The fraction of sp³-hybridized carbons (Fsp3) is 0.778. The van der Waals surface area contributed by atoms with Crippen molar-refractivity contribution in [1.29, 1.82) is 0 Å². The van der Waals surface area contributed by atoms with Crippen LogP contribution < -0.4 is 0 Å². The number of cyclic esters (lactones) is 1. The van der Waals surface area contributed by atoms with E-state index in [1.54, 1.807) is 0 Å². The van der Waals surface area contributed by atoms with E-state index in [0.717, 1.165) is 0 Å². The highest BCUT2D eigenvalue weighted by Crippen LogP contribution is 2.30. The van der Waals surface area contributed by atoms with Crippen molar-refractivity contribution in [2.45, 2.75) is 24.9 Å². The van der Waals surface area contributed by atoms with Crippen LogP contribution in [0, 0.1) is 0 Å². The number of carboxylic acid groups (broad SMARTS) is 1. The summed E-state index contributed by atoms with van der Waals surface area (Å²) in [5.74, 6) is -1.58. The SMILES string of the molecule is COCOCC[C@@]1(C(=O)O)CCC(=O)O1. The predicted molar refractivity (Wildman–Crippen MR) is 48.1 cm³/mol. The van der Waals surface area contributed by atoms with Gasteiger partial charge in [0.2, 0.25) is 5.60 Å². The lowest BCUT2D eigenvalue weighted by Gasteiger charge is -2.22. The Labute approximate surface area is 87.1 Å². The van der Waals surface area contributed by atoms with Crippen molar-refractivity contribution >= 4 is 11.9 Å². The Morgan fingerprint density at radius 2 is 2.40 bits per heavy atom. The summed E-state index contributed by atoms with van der Waals surface area (Å²) in [6.45, 7) is 0.289. The number of carbonyl (C=O) groups excluding carboxylic acids is 1. The van der Waals surface area contributed by atoms with E-state index in [2.05, 4.69) is 4.74 Å². The smallest absolute Gasteiger partial charge is 0.348 e. The molecule has 1 heterocycles. The number of carboxylic acids is 1. The number of esters is 1. The molecule has 0 bridgehead atoms. The average Bonchev–Trinajstić information content (AvgIpc) is 2.56. The molecule has 0 amide bonds. The molecule has 0 aromatic rings. The van der Waals surface area contributed by atoms with Gasteiger partial charge in [-0.15, -0.1) is 0 Å². The molecule has 0 radical (unpaired) electrons. The fourth-order valence-corrected chi connectivity index (χ4v) is 1.44. The Balaban J connectivity index is 2.45. The minimum absolute atomic E-state index is 0.101. The van der Waals surface area contributed by atoms with Gasteiger partial charge in [-0.25, -0.2) is 4.79 Å². The van der Waals surface area contributed by atoms with E-state index in [1.165, 1.54) is 7.11 Å². The molecule has 1 N–H and O–H groups in total. The van der Waals surface area contributed by atoms with Gasteiger partial charge in [-0.3, -0.25) is 4.79 Å². The van der Waals surface area contributed by atoms with Crippen LogP contribution >= 0.6 is 0 Å². The summed E-state index contributed by atoms with van der Waals surface area (Å²) in [7, 11) is 1.47. The number of rotatable bonds is 6. The molecule has 1 aliphatic heterocycles. The molecular weight excluding hydrogens is 204 g/mol. The van der Waals surface area contributed by atoms with Gasteiger partial charge in [-0.1, -0.05) is 0 Å². The van der Waals surface area contributed by atoms with Crippen molar-refractivity contribution < 1.29 is 28.9 Å². The first kappa shape index (κ1) is 11.9. The maximum absolute atomic E-state index is 11.0. The molecule has 6 heteroatoms. The van der Waals surface area contributed by atoms with Gasteiger partial charge in [0.05, 0.1) is 6.61 Å². The summed E-state index contributed by atoms with van der Waals surface area (Å²) in [4.78, 5) is 21.9. The van der Waals surface area contributed by atoms with E-state index in [4.69, 9.17) is 14.6 Å². The second-order valence-corrected chi connectivity index (χ2v) is 3.34. The zero-order valence-electron chi connectivity index (χ0n) is 8.52. The standard InChI is InChI=1S/C9H14O6/c1-13-6-14-5-4-9(8(11)12)3-2-7(10)15-9/h2-6H2,1H3,(H,11,12)/t9-/m1/s1. The first-order chi connectivity index (χ1) is 7.10. The van der Waals surface area contributed by atoms with Crippen LogP contribution in [-0.4, -0.2) is 43.2 Å². The van der Waals surface area contributed by atoms with E-state index in [9.17, 15) is 9.59 Å². The van der Waals surface area contributed by atoms with E-state index >= 15 is 0 Å². The Morgan fingerprint density at radius 1 is 1.67 bits per heavy atom. The maximum Gasteiger partial charge on any atom is 0.348 e. The largest absolute Gasteiger partial charge is 0.478 e. The summed E-state index contributed by atoms with van der Waals surface area (Å²) in [5, 5.41) is 8.97. The molecule has 0 saturated carbocycles. The lowest BCUT2D eigenvalue weighted by Crippen LogP contribution is -2.39. The van der Waals surface area contributed by atoms with Crippen LogP contribution in [0.15, 0.2) is 0 Å². The second-order valence-electron chi connectivity index (χ2n) is 3.34. The molecule has 1 saturated heterocycles. The second kappa shape index (κ2) is 5.09. The summed E-state index contributed by atoms with van der Waals surface area (Å²) in [5.41, 5.74) is -1.40. The van der Waals surface area contributed by atoms with E-state index < -0.39 is 17.5 Å². The highest BCUT2D eigenvalue weighted by Gasteiger charge is 2.47. The number of hydrogen-bond donors (Lipinski definition) is 1. The number of carbonyl (C=O) groups is 2. The average molecular weight is 218 g/mol. The van der Waals surface area contributed by atoms with Crippen LogP contribution in [-0.2, 0) is 23.8 Å². The van der Waals surface area contributed by atoms with Crippen molar-refractivity contribution in [2.24, 2.45) is 0 Å². The lowest BCUT2D eigenvalue weighted by molar-refractivity contribution is -0.172. The number of hydrogen-bond acceptors (Lipinski definition) is 5. The van der Waals surface area contributed by atoms with Crippen LogP contribution in [0.3, 0.4) is 0 Å². The Bertz CT molecular complexity index is 251. The van der Waals surface area contributed by atoms with Gasteiger partial charge in [-0.05, 0) is 0 Å². The van der Waals surface area contributed by atoms with Crippen LogP contribution in [0.25, 0.3) is 0 Å². The molecule has 1 aliphatic rings. The third-order valence-corrected chi connectivity index (χ3v) is 2.28. The highest BCUT2D eigenvalue weighted by molar-refractivity contribution is 5.85. The highest BCUT2D eigenvalue weighted by atomic mass is 16.7. The monoisotopic (exact) mass is 218 g/mol.